The SMILES string of the molecule is [Li+].c1ccc([N-]c2ccccc2)cc1. The summed E-state index contributed by atoms with van der Waals surface area (Å²) in [6, 6.07) is 19.9. The van der Waals surface area contributed by atoms with E-state index in [2.05, 4.69) is 5.32 Å². The van der Waals surface area contributed by atoms with Gasteiger partial charge in [0.25, 0.3) is 0 Å². The van der Waals surface area contributed by atoms with Crippen molar-refractivity contribution in [1.29, 1.82) is 0 Å². The van der Waals surface area contributed by atoms with E-state index in [1.807, 2.05) is 60.7 Å². The first kappa shape index (κ1) is 10.9. The number of rotatable bonds is 2. The summed E-state index contributed by atoms with van der Waals surface area (Å²) in [5, 5.41) is 4.44. The van der Waals surface area contributed by atoms with Gasteiger partial charge < -0.3 is 5.32 Å². The van der Waals surface area contributed by atoms with Crippen LogP contribution in [0.25, 0.3) is 5.32 Å². The third-order valence-corrected chi connectivity index (χ3v) is 1.77. The molecule has 14 heavy (non-hydrogen) atoms. The summed E-state index contributed by atoms with van der Waals surface area (Å²) in [6.07, 6.45) is 0. The molecule has 0 saturated carbocycles. The molecule has 0 N–H and O–H groups in total. The first-order valence-electron chi connectivity index (χ1n) is 4.27. The summed E-state index contributed by atoms with van der Waals surface area (Å²) in [5.74, 6) is 0. The molecule has 0 aliphatic carbocycles. The van der Waals surface area contributed by atoms with E-state index in [9.17, 15) is 0 Å². The van der Waals surface area contributed by atoms with Crippen molar-refractivity contribution in [2.24, 2.45) is 0 Å². The first-order chi connectivity index (χ1) is 6.45. The van der Waals surface area contributed by atoms with Crippen LogP contribution in [0, 0.1) is 0 Å². The summed E-state index contributed by atoms with van der Waals surface area (Å²) in [5.41, 5.74) is 1.99. The van der Waals surface area contributed by atoms with E-state index < -0.39 is 0 Å². The molecular formula is C12H10LiN. The molecule has 0 bridgehead atoms. The fraction of sp³-hybridized carbons (Fsp3) is 0. The van der Waals surface area contributed by atoms with Crippen molar-refractivity contribution in [2.45, 2.75) is 0 Å². The van der Waals surface area contributed by atoms with Crippen molar-refractivity contribution in [1.82, 2.24) is 0 Å². The third kappa shape index (κ3) is 2.96. The Bertz CT molecular complexity index is 321. The molecule has 0 amide bonds. The average molecular weight is 175 g/mol. The molecule has 0 unspecified atom stereocenters. The molecule has 0 heterocycles. The molecular weight excluding hydrogens is 165 g/mol. The Morgan fingerprint density at radius 3 is 1.29 bits per heavy atom. The zero-order valence-corrected chi connectivity index (χ0v) is 8.22. The van der Waals surface area contributed by atoms with Gasteiger partial charge in [-0.3, -0.25) is 0 Å². The second-order valence-electron chi connectivity index (χ2n) is 2.78. The molecule has 0 saturated heterocycles. The van der Waals surface area contributed by atoms with Gasteiger partial charge in [-0.05, 0) is 0 Å². The van der Waals surface area contributed by atoms with Gasteiger partial charge in [0.05, 0.1) is 0 Å². The van der Waals surface area contributed by atoms with Gasteiger partial charge in [0.1, 0.15) is 0 Å². The maximum Gasteiger partial charge on any atom is 1.00 e. The molecule has 64 valence electrons. The van der Waals surface area contributed by atoms with E-state index in [1.54, 1.807) is 0 Å². The van der Waals surface area contributed by atoms with Gasteiger partial charge in [-0.25, -0.2) is 0 Å². The summed E-state index contributed by atoms with van der Waals surface area (Å²) >= 11 is 0. The largest absolute Gasteiger partial charge is 1.00 e. The van der Waals surface area contributed by atoms with E-state index in [1.165, 1.54) is 0 Å². The molecule has 0 fully saturated rings. The molecule has 0 aliphatic rings. The van der Waals surface area contributed by atoms with Crippen LogP contribution in [0.5, 0.6) is 0 Å². The van der Waals surface area contributed by atoms with E-state index in [0.717, 1.165) is 11.4 Å². The van der Waals surface area contributed by atoms with Gasteiger partial charge in [0.15, 0.2) is 0 Å². The molecule has 2 rings (SSSR count). The number of para-hydroxylation sites is 2. The predicted molar refractivity (Wildman–Crippen MR) is 55.6 cm³/mol. The van der Waals surface area contributed by atoms with E-state index in [0.29, 0.717) is 0 Å². The first-order valence-corrected chi connectivity index (χ1v) is 4.27. The minimum Gasteiger partial charge on any atom is -0.658 e. The maximum atomic E-state index is 4.44. The van der Waals surface area contributed by atoms with Gasteiger partial charge in [-0.2, -0.15) is 0 Å². The van der Waals surface area contributed by atoms with Crippen molar-refractivity contribution in [3.63, 3.8) is 0 Å². The Kier molecular flexibility index (Phi) is 4.32. The number of nitrogens with zero attached hydrogens (tertiary/aromatic N) is 1. The average Bonchev–Trinajstić information content (AvgIpc) is 2.21. The van der Waals surface area contributed by atoms with Crippen LogP contribution in [0.2, 0.25) is 0 Å². The molecule has 0 aromatic heterocycles. The van der Waals surface area contributed by atoms with Crippen LogP contribution >= 0.6 is 0 Å². The third-order valence-electron chi connectivity index (χ3n) is 1.77. The summed E-state index contributed by atoms with van der Waals surface area (Å²) in [6.45, 7) is 0. The molecule has 2 aromatic rings. The van der Waals surface area contributed by atoms with Crippen LogP contribution < -0.4 is 18.9 Å². The van der Waals surface area contributed by atoms with Crippen LogP contribution in [-0.2, 0) is 0 Å². The summed E-state index contributed by atoms with van der Waals surface area (Å²) in [4.78, 5) is 0. The van der Waals surface area contributed by atoms with Gasteiger partial charge in [-0.1, -0.05) is 60.7 Å². The Morgan fingerprint density at radius 1 is 0.571 bits per heavy atom. The monoisotopic (exact) mass is 175 g/mol. The minimum absolute atomic E-state index is 0. The van der Waals surface area contributed by atoms with Crippen LogP contribution in [0.1, 0.15) is 0 Å². The molecule has 1 nitrogen and oxygen atoms in total. The standard InChI is InChI=1S/C12H10N.Li/c1-3-7-11(8-4-1)13-12-9-5-2-6-10-12;/h1-10H;/q-1;+1. The van der Waals surface area contributed by atoms with Crippen molar-refractivity contribution in [3.05, 3.63) is 66.0 Å². The molecule has 0 spiro atoms. The fourth-order valence-corrected chi connectivity index (χ4v) is 1.15. The molecule has 0 atom stereocenters. The fourth-order valence-electron chi connectivity index (χ4n) is 1.15. The molecule has 2 aromatic carbocycles. The minimum atomic E-state index is 0. The normalized spacial score (nSPS) is 8.86. The van der Waals surface area contributed by atoms with Crippen LogP contribution in [-0.4, -0.2) is 0 Å². The van der Waals surface area contributed by atoms with Crippen LogP contribution in [0.15, 0.2) is 60.7 Å². The van der Waals surface area contributed by atoms with E-state index in [-0.39, 0.29) is 18.9 Å². The summed E-state index contributed by atoms with van der Waals surface area (Å²) in [7, 11) is 0. The molecule has 0 radical (unpaired) electrons. The second kappa shape index (κ2) is 5.54. The molecule has 0 aliphatic heterocycles. The van der Waals surface area contributed by atoms with E-state index in [4.69, 9.17) is 0 Å². The number of hydrogen-bond acceptors (Lipinski definition) is 0. The summed E-state index contributed by atoms with van der Waals surface area (Å²) < 4.78 is 0. The zero-order chi connectivity index (χ0) is 8.93. The van der Waals surface area contributed by atoms with Gasteiger partial charge in [0.2, 0.25) is 0 Å². The van der Waals surface area contributed by atoms with E-state index >= 15 is 0 Å². The van der Waals surface area contributed by atoms with Gasteiger partial charge in [-0.15, -0.1) is 11.4 Å². The van der Waals surface area contributed by atoms with Crippen LogP contribution in [0.4, 0.5) is 11.4 Å². The van der Waals surface area contributed by atoms with Crippen molar-refractivity contribution < 1.29 is 18.9 Å². The zero-order valence-electron chi connectivity index (χ0n) is 8.22. The van der Waals surface area contributed by atoms with Crippen molar-refractivity contribution >= 4 is 11.4 Å². The van der Waals surface area contributed by atoms with Crippen molar-refractivity contribution in [2.75, 3.05) is 0 Å². The Hall–Kier alpha value is -1.16. The number of benzene rings is 2. The number of hydrogen-bond donors (Lipinski definition) is 0. The second-order valence-corrected chi connectivity index (χ2v) is 2.78. The van der Waals surface area contributed by atoms with Crippen LogP contribution in [0.3, 0.4) is 0 Å². The Labute approximate surface area is 96.3 Å². The molecule has 2 heteroatoms. The smallest absolute Gasteiger partial charge is 0.658 e. The quantitative estimate of drug-likeness (QED) is 0.605. The van der Waals surface area contributed by atoms with Crippen molar-refractivity contribution in [3.8, 4) is 0 Å². The Balaban J connectivity index is 0.000000980. The maximum absolute atomic E-state index is 4.44. The Morgan fingerprint density at radius 2 is 0.929 bits per heavy atom. The predicted octanol–water partition coefficient (Wildman–Crippen LogP) is 1.03. The topological polar surface area (TPSA) is 14.1 Å². The van der Waals surface area contributed by atoms with Gasteiger partial charge in [0, 0.05) is 0 Å². The van der Waals surface area contributed by atoms with Gasteiger partial charge >= 0.3 is 18.9 Å².